The van der Waals surface area contributed by atoms with Gasteiger partial charge < -0.3 is 4.57 Å². The maximum Gasteiger partial charge on any atom is 0.250 e. The third kappa shape index (κ3) is 3.65. The number of hydrogen-bond acceptors (Lipinski definition) is 4. The lowest BCUT2D eigenvalue weighted by molar-refractivity contribution is 0.182. The molecule has 7 heteroatoms. The van der Waals surface area contributed by atoms with Gasteiger partial charge in [-0.05, 0) is 11.6 Å². The average Bonchev–Trinajstić information content (AvgIpc) is 2.33. The molecule has 1 fully saturated rings. The number of rotatable bonds is 3. The van der Waals surface area contributed by atoms with Gasteiger partial charge in [-0.25, -0.2) is 8.42 Å². The molecule has 6 nitrogen and oxygen atoms in total. The van der Waals surface area contributed by atoms with Crippen LogP contribution in [0.25, 0.3) is 0 Å². The lowest BCUT2D eigenvalue weighted by Gasteiger charge is -2.33. The Morgan fingerprint density at radius 3 is 2.37 bits per heavy atom. The fourth-order valence-corrected chi connectivity index (χ4v) is 2.99. The van der Waals surface area contributed by atoms with Crippen molar-refractivity contribution in [3.05, 3.63) is 34.2 Å². The van der Waals surface area contributed by atoms with Crippen LogP contribution >= 0.6 is 0 Å². The highest BCUT2D eigenvalue weighted by Crippen LogP contribution is 2.09. The second kappa shape index (κ2) is 5.44. The quantitative estimate of drug-likeness (QED) is 0.748. The van der Waals surface area contributed by atoms with Gasteiger partial charge in [-0.15, -0.1) is 0 Å². The van der Waals surface area contributed by atoms with Crippen LogP contribution in [-0.4, -0.2) is 54.6 Å². The van der Waals surface area contributed by atoms with Crippen molar-refractivity contribution in [2.45, 2.75) is 6.54 Å². The molecule has 0 saturated carbocycles. The van der Waals surface area contributed by atoms with Crippen molar-refractivity contribution in [2.24, 2.45) is 7.05 Å². The largest absolute Gasteiger partial charge is 0.319 e. The van der Waals surface area contributed by atoms with Gasteiger partial charge in [-0.2, -0.15) is 4.31 Å². The summed E-state index contributed by atoms with van der Waals surface area (Å²) in [5, 5.41) is 0. The van der Waals surface area contributed by atoms with E-state index in [1.807, 2.05) is 6.07 Å². The number of pyridine rings is 1. The van der Waals surface area contributed by atoms with E-state index in [1.54, 1.807) is 19.3 Å². The summed E-state index contributed by atoms with van der Waals surface area (Å²) < 4.78 is 25.8. The first-order chi connectivity index (χ1) is 8.86. The molecule has 1 saturated heterocycles. The van der Waals surface area contributed by atoms with Crippen molar-refractivity contribution >= 4 is 10.0 Å². The Labute approximate surface area is 113 Å². The van der Waals surface area contributed by atoms with Crippen molar-refractivity contribution in [1.82, 2.24) is 13.8 Å². The number of sulfonamides is 1. The van der Waals surface area contributed by atoms with Crippen molar-refractivity contribution in [2.75, 3.05) is 32.4 Å². The lowest BCUT2D eigenvalue weighted by atomic mass is 10.2. The normalized spacial score (nSPS) is 18.6. The smallest absolute Gasteiger partial charge is 0.250 e. The van der Waals surface area contributed by atoms with Crippen LogP contribution in [-0.2, 0) is 23.6 Å². The summed E-state index contributed by atoms with van der Waals surface area (Å²) in [5.41, 5.74) is 0.947. The Hall–Kier alpha value is -1.18. The predicted molar refractivity (Wildman–Crippen MR) is 73.4 cm³/mol. The molecule has 0 atom stereocenters. The Kier molecular flexibility index (Phi) is 4.07. The van der Waals surface area contributed by atoms with Crippen molar-refractivity contribution in [3.8, 4) is 0 Å². The van der Waals surface area contributed by atoms with Crippen LogP contribution in [0.5, 0.6) is 0 Å². The molecule has 0 unspecified atom stereocenters. The first-order valence-electron chi connectivity index (χ1n) is 6.19. The molecule has 1 aliphatic rings. The molecule has 0 aromatic carbocycles. The highest BCUT2D eigenvalue weighted by molar-refractivity contribution is 7.88. The lowest BCUT2D eigenvalue weighted by Crippen LogP contribution is -2.47. The van der Waals surface area contributed by atoms with Crippen LogP contribution in [0.3, 0.4) is 0 Å². The fourth-order valence-electron chi connectivity index (χ4n) is 2.17. The van der Waals surface area contributed by atoms with E-state index in [4.69, 9.17) is 0 Å². The summed E-state index contributed by atoms with van der Waals surface area (Å²) in [4.78, 5) is 13.7. The number of nitrogens with zero attached hydrogens (tertiary/aromatic N) is 3. The first-order valence-corrected chi connectivity index (χ1v) is 8.04. The van der Waals surface area contributed by atoms with Crippen molar-refractivity contribution < 1.29 is 8.42 Å². The fraction of sp³-hybridized carbons (Fsp3) is 0.583. The minimum atomic E-state index is -3.08. The average molecular weight is 285 g/mol. The Morgan fingerprint density at radius 2 is 1.84 bits per heavy atom. The van der Waals surface area contributed by atoms with Crippen molar-refractivity contribution in [3.63, 3.8) is 0 Å². The van der Waals surface area contributed by atoms with E-state index in [0.717, 1.165) is 5.56 Å². The van der Waals surface area contributed by atoms with Gasteiger partial charge in [0, 0.05) is 52.0 Å². The molecule has 0 aliphatic carbocycles. The second-order valence-electron chi connectivity index (χ2n) is 4.92. The van der Waals surface area contributed by atoms with Gasteiger partial charge >= 0.3 is 0 Å². The van der Waals surface area contributed by atoms with Crippen LogP contribution in [0.15, 0.2) is 23.1 Å². The zero-order valence-corrected chi connectivity index (χ0v) is 12.1. The molecule has 1 aliphatic heterocycles. The number of hydrogen-bond donors (Lipinski definition) is 0. The molecule has 0 radical (unpaired) electrons. The van der Waals surface area contributed by atoms with Gasteiger partial charge in [0.1, 0.15) is 0 Å². The van der Waals surface area contributed by atoms with Crippen LogP contribution in [0, 0.1) is 0 Å². The molecule has 19 heavy (non-hydrogen) atoms. The standard InChI is InChI=1S/C12H19N3O3S/c1-13-4-3-11(9-12(13)16)10-14-5-7-15(8-6-14)19(2,17)18/h3-4,9H,5-8,10H2,1-2H3. The summed E-state index contributed by atoms with van der Waals surface area (Å²) in [6, 6.07) is 3.55. The van der Waals surface area contributed by atoms with E-state index in [9.17, 15) is 13.2 Å². The highest BCUT2D eigenvalue weighted by Gasteiger charge is 2.23. The third-order valence-electron chi connectivity index (χ3n) is 3.38. The summed E-state index contributed by atoms with van der Waals surface area (Å²) in [6.45, 7) is 3.12. The molecular formula is C12H19N3O3S. The number of aryl methyl sites for hydroxylation is 1. The minimum absolute atomic E-state index is 0.0210. The van der Waals surface area contributed by atoms with E-state index in [1.165, 1.54) is 15.1 Å². The van der Waals surface area contributed by atoms with Gasteiger partial charge in [-0.1, -0.05) is 0 Å². The minimum Gasteiger partial charge on any atom is -0.319 e. The zero-order chi connectivity index (χ0) is 14.0. The molecule has 0 bridgehead atoms. The van der Waals surface area contributed by atoms with Crippen LogP contribution in [0.2, 0.25) is 0 Å². The Balaban J connectivity index is 1.96. The van der Waals surface area contributed by atoms with E-state index in [-0.39, 0.29) is 5.56 Å². The van der Waals surface area contributed by atoms with Gasteiger partial charge in [0.2, 0.25) is 10.0 Å². The number of piperazine rings is 1. The maximum absolute atomic E-state index is 11.5. The topological polar surface area (TPSA) is 62.6 Å². The van der Waals surface area contributed by atoms with E-state index >= 15 is 0 Å². The monoisotopic (exact) mass is 285 g/mol. The molecule has 0 amide bonds. The van der Waals surface area contributed by atoms with E-state index in [0.29, 0.717) is 32.7 Å². The molecule has 2 heterocycles. The van der Waals surface area contributed by atoms with Gasteiger partial charge in [-0.3, -0.25) is 9.69 Å². The molecule has 0 spiro atoms. The molecule has 0 N–H and O–H groups in total. The highest BCUT2D eigenvalue weighted by atomic mass is 32.2. The van der Waals surface area contributed by atoms with Gasteiger partial charge in [0.15, 0.2) is 0 Å². The number of aromatic nitrogens is 1. The molecule has 2 rings (SSSR count). The van der Waals surface area contributed by atoms with E-state index < -0.39 is 10.0 Å². The third-order valence-corrected chi connectivity index (χ3v) is 4.68. The van der Waals surface area contributed by atoms with Crippen molar-refractivity contribution in [1.29, 1.82) is 0 Å². The van der Waals surface area contributed by atoms with Crippen LogP contribution in [0.1, 0.15) is 5.56 Å². The molecule has 1 aromatic rings. The SMILES string of the molecule is Cn1ccc(CN2CCN(S(C)(=O)=O)CC2)cc1=O. The van der Waals surface area contributed by atoms with Crippen LogP contribution < -0.4 is 5.56 Å². The Morgan fingerprint density at radius 1 is 1.21 bits per heavy atom. The Bertz CT molecular complexity index is 601. The summed E-state index contributed by atoms with van der Waals surface area (Å²) in [6.07, 6.45) is 2.99. The maximum atomic E-state index is 11.5. The summed E-state index contributed by atoms with van der Waals surface area (Å²) in [5.74, 6) is 0. The first kappa shape index (κ1) is 14.2. The molecular weight excluding hydrogens is 266 g/mol. The second-order valence-corrected chi connectivity index (χ2v) is 6.90. The van der Waals surface area contributed by atoms with Crippen LogP contribution in [0.4, 0.5) is 0 Å². The van der Waals surface area contributed by atoms with Gasteiger partial charge in [0.25, 0.3) is 5.56 Å². The van der Waals surface area contributed by atoms with Gasteiger partial charge in [0.05, 0.1) is 6.26 Å². The molecule has 1 aromatic heterocycles. The summed E-state index contributed by atoms with van der Waals surface area (Å²) >= 11 is 0. The molecule has 106 valence electrons. The van der Waals surface area contributed by atoms with E-state index in [2.05, 4.69) is 4.90 Å². The summed E-state index contributed by atoms with van der Waals surface area (Å²) in [7, 11) is -1.36. The zero-order valence-electron chi connectivity index (χ0n) is 11.2. The predicted octanol–water partition coefficient (Wildman–Crippen LogP) is -0.537.